The fraction of sp³-hybridized carbons (Fsp3) is 0.867. The van der Waals surface area contributed by atoms with Crippen molar-refractivity contribution in [3.8, 4) is 0 Å². The first-order chi connectivity index (χ1) is 11.0. The molecule has 8 heteroatoms. The van der Waals surface area contributed by atoms with Gasteiger partial charge in [-0.25, -0.2) is 18.1 Å². The Balaban J connectivity index is 1.55. The second-order valence-electron chi connectivity index (χ2n) is 6.86. The maximum Gasteiger partial charge on any atom is 0.208 e. The number of sulfonamides is 1. The predicted octanol–water partition coefficient (Wildman–Crippen LogP) is 2.72. The van der Waals surface area contributed by atoms with Crippen LogP contribution < -0.4 is 10.0 Å². The highest BCUT2D eigenvalue weighted by molar-refractivity contribution is 7.88. The molecule has 2 aliphatic carbocycles. The zero-order valence-corrected chi connectivity index (χ0v) is 15.3. The van der Waals surface area contributed by atoms with E-state index in [9.17, 15) is 8.42 Å². The highest BCUT2D eigenvalue weighted by atomic mass is 32.2. The molecule has 2 unspecified atom stereocenters. The van der Waals surface area contributed by atoms with Crippen LogP contribution in [0.4, 0.5) is 5.13 Å². The third-order valence-corrected chi connectivity index (χ3v) is 6.37. The lowest BCUT2D eigenvalue weighted by Crippen LogP contribution is -2.43. The van der Waals surface area contributed by atoms with E-state index >= 15 is 0 Å². The number of aromatic nitrogens is 2. The van der Waals surface area contributed by atoms with Crippen molar-refractivity contribution in [3.05, 3.63) is 5.82 Å². The SMILES string of the molecule is CS(=O)(=O)NC1CCCCC1CNc1nc(C2CCCC2)ns1. The van der Waals surface area contributed by atoms with Crippen molar-refractivity contribution < 1.29 is 8.42 Å². The monoisotopic (exact) mass is 358 g/mol. The van der Waals surface area contributed by atoms with Crippen LogP contribution in [0.5, 0.6) is 0 Å². The van der Waals surface area contributed by atoms with Crippen molar-refractivity contribution in [3.63, 3.8) is 0 Å². The molecule has 0 aromatic carbocycles. The van der Waals surface area contributed by atoms with E-state index in [0.29, 0.717) is 11.8 Å². The van der Waals surface area contributed by atoms with Crippen LogP contribution in [0.1, 0.15) is 63.1 Å². The molecule has 2 aliphatic rings. The van der Waals surface area contributed by atoms with Crippen LogP contribution >= 0.6 is 11.5 Å². The van der Waals surface area contributed by atoms with Crippen LogP contribution in [0, 0.1) is 5.92 Å². The fourth-order valence-electron chi connectivity index (χ4n) is 3.76. The van der Waals surface area contributed by atoms with Crippen molar-refractivity contribution in [1.29, 1.82) is 0 Å². The molecular formula is C15H26N4O2S2. The van der Waals surface area contributed by atoms with Gasteiger partial charge in [0.15, 0.2) is 0 Å². The standard InChI is InChI=1S/C15H26N4O2S2/c1-23(20,21)19-13-9-5-4-8-12(13)10-16-15-17-14(18-22-15)11-6-2-3-7-11/h11-13,19H,2-10H2,1H3,(H,16,17,18). The largest absolute Gasteiger partial charge is 0.360 e. The van der Waals surface area contributed by atoms with Gasteiger partial charge in [-0.1, -0.05) is 25.7 Å². The molecule has 23 heavy (non-hydrogen) atoms. The van der Waals surface area contributed by atoms with E-state index in [2.05, 4.69) is 19.4 Å². The quantitative estimate of drug-likeness (QED) is 0.817. The van der Waals surface area contributed by atoms with Gasteiger partial charge in [-0.15, -0.1) is 0 Å². The lowest BCUT2D eigenvalue weighted by Gasteiger charge is -2.31. The molecule has 130 valence electrons. The molecule has 0 saturated heterocycles. The Kier molecular flexibility index (Phi) is 5.53. The normalized spacial score (nSPS) is 26.5. The van der Waals surface area contributed by atoms with Crippen LogP contribution in [0.3, 0.4) is 0 Å². The topological polar surface area (TPSA) is 84.0 Å². The molecule has 1 heterocycles. The number of hydrogen-bond donors (Lipinski definition) is 2. The smallest absolute Gasteiger partial charge is 0.208 e. The lowest BCUT2D eigenvalue weighted by molar-refractivity contribution is 0.302. The maximum atomic E-state index is 11.5. The lowest BCUT2D eigenvalue weighted by atomic mass is 9.85. The van der Waals surface area contributed by atoms with Crippen LogP contribution in [0.15, 0.2) is 0 Å². The average Bonchev–Trinajstić information content (AvgIpc) is 3.16. The summed E-state index contributed by atoms with van der Waals surface area (Å²) in [6, 6.07) is 0.0356. The summed E-state index contributed by atoms with van der Waals surface area (Å²) in [5.74, 6) is 1.85. The second kappa shape index (κ2) is 7.44. The number of nitrogens with zero attached hydrogens (tertiary/aromatic N) is 2. The summed E-state index contributed by atoms with van der Waals surface area (Å²) in [7, 11) is -3.15. The van der Waals surface area contributed by atoms with Gasteiger partial charge in [-0.05, 0) is 31.6 Å². The van der Waals surface area contributed by atoms with Gasteiger partial charge in [0.1, 0.15) is 5.82 Å². The Bertz CT molecular complexity index is 611. The van der Waals surface area contributed by atoms with Crippen molar-refractivity contribution in [2.75, 3.05) is 18.1 Å². The first-order valence-corrected chi connectivity index (χ1v) is 11.2. The molecule has 0 bridgehead atoms. The van der Waals surface area contributed by atoms with Crippen LogP contribution in [-0.4, -0.2) is 36.6 Å². The van der Waals surface area contributed by atoms with Crippen LogP contribution in [0.25, 0.3) is 0 Å². The van der Waals surface area contributed by atoms with E-state index in [4.69, 9.17) is 0 Å². The first kappa shape index (κ1) is 17.1. The number of hydrogen-bond acceptors (Lipinski definition) is 6. The minimum Gasteiger partial charge on any atom is -0.360 e. The fourth-order valence-corrected chi connectivity index (χ4v) is 5.27. The number of anilines is 1. The molecule has 2 fully saturated rings. The number of rotatable bonds is 6. The molecule has 2 atom stereocenters. The van der Waals surface area contributed by atoms with E-state index in [1.165, 1.54) is 43.5 Å². The summed E-state index contributed by atoms with van der Waals surface area (Å²) in [5.41, 5.74) is 0. The minimum absolute atomic E-state index is 0.0356. The maximum absolute atomic E-state index is 11.5. The molecule has 2 saturated carbocycles. The van der Waals surface area contributed by atoms with Crippen LogP contribution in [-0.2, 0) is 10.0 Å². The van der Waals surface area contributed by atoms with E-state index in [0.717, 1.165) is 43.2 Å². The summed E-state index contributed by atoms with van der Waals surface area (Å²) >= 11 is 1.43. The van der Waals surface area contributed by atoms with Crippen molar-refractivity contribution in [2.24, 2.45) is 5.92 Å². The first-order valence-electron chi connectivity index (χ1n) is 8.56. The summed E-state index contributed by atoms with van der Waals surface area (Å²) < 4.78 is 30.3. The molecule has 6 nitrogen and oxygen atoms in total. The van der Waals surface area contributed by atoms with Gasteiger partial charge in [0.25, 0.3) is 0 Å². The van der Waals surface area contributed by atoms with Gasteiger partial charge in [0.2, 0.25) is 15.2 Å². The Morgan fingerprint density at radius 1 is 1.13 bits per heavy atom. The van der Waals surface area contributed by atoms with E-state index < -0.39 is 10.0 Å². The highest BCUT2D eigenvalue weighted by Crippen LogP contribution is 2.34. The zero-order valence-electron chi connectivity index (χ0n) is 13.6. The molecule has 0 aliphatic heterocycles. The summed E-state index contributed by atoms with van der Waals surface area (Å²) in [6.45, 7) is 0.756. The summed E-state index contributed by atoms with van der Waals surface area (Å²) in [6.07, 6.45) is 10.5. The van der Waals surface area contributed by atoms with Gasteiger partial charge < -0.3 is 5.32 Å². The van der Waals surface area contributed by atoms with Gasteiger partial charge in [-0.2, -0.15) is 4.37 Å². The van der Waals surface area contributed by atoms with Gasteiger partial charge in [0.05, 0.1) is 6.26 Å². The van der Waals surface area contributed by atoms with E-state index in [1.807, 2.05) is 0 Å². The summed E-state index contributed by atoms with van der Waals surface area (Å²) in [4.78, 5) is 4.63. The van der Waals surface area contributed by atoms with Gasteiger partial charge in [0, 0.05) is 30.0 Å². The van der Waals surface area contributed by atoms with Crippen LogP contribution in [0.2, 0.25) is 0 Å². The Morgan fingerprint density at radius 3 is 2.57 bits per heavy atom. The van der Waals surface area contributed by atoms with E-state index in [-0.39, 0.29) is 6.04 Å². The molecule has 1 aromatic rings. The molecule has 1 aromatic heterocycles. The number of nitrogens with one attached hydrogen (secondary N) is 2. The highest BCUT2D eigenvalue weighted by Gasteiger charge is 2.28. The molecule has 3 rings (SSSR count). The van der Waals surface area contributed by atoms with Crippen molar-refractivity contribution in [1.82, 2.24) is 14.1 Å². The Hall–Kier alpha value is -0.730. The minimum atomic E-state index is -3.15. The van der Waals surface area contributed by atoms with Crippen molar-refractivity contribution >= 4 is 26.7 Å². The molecule has 0 spiro atoms. The molecular weight excluding hydrogens is 332 g/mol. The molecule has 2 N–H and O–H groups in total. The second-order valence-corrected chi connectivity index (χ2v) is 9.39. The third kappa shape index (κ3) is 4.87. The van der Waals surface area contributed by atoms with Gasteiger partial charge >= 0.3 is 0 Å². The molecule has 0 amide bonds. The van der Waals surface area contributed by atoms with Crippen molar-refractivity contribution in [2.45, 2.75) is 63.3 Å². The summed E-state index contributed by atoms with van der Waals surface area (Å²) in [5, 5.41) is 4.25. The Labute approximate surface area is 142 Å². The molecule has 0 radical (unpaired) electrons. The zero-order chi connectivity index (χ0) is 16.3. The van der Waals surface area contributed by atoms with Gasteiger partial charge in [-0.3, -0.25) is 0 Å². The third-order valence-electron chi connectivity index (χ3n) is 4.95. The predicted molar refractivity (Wildman–Crippen MR) is 93.3 cm³/mol. The average molecular weight is 359 g/mol. The Morgan fingerprint density at radius 2 is 1.83 bits per heavy atom. The van der Waals surface area contributed by atoms with E-state index in [1.54, 1.807) is 0 Å².